The Morgan fingerprint density at radius 2 is 1.46 bits per heavy atom. The minimum Gasteiger partial charge on any atom is -0.428 e. The Balaban J connectivity index is 1.31. The van der Waals surface area contributed by atoms with Crippen LogP contribution in [0.25, 0.3) is 0 Å². The smallest absolute Gasteiger partial charge is 0.310 e. The molecule has 0 aromatic heterocycles. The highest BCUT2D eigenvalue weighted by molar-refractivity contribution is 5.95. The number of aliphatic hydroxyl groups excluding tert-OH is 2. The molecule has 2 fully saturated rings. The third kappa shape index (κ3) is 5.87. The Bertz CT molecular complexity index is 1010. The summed E-state index contributed by atoms with van der Waals surface area (Å²) in [6.45, 7) is 10.2. The molecule has 6 nitrogen and oxygen atoms in total. The monoisotopic (exact) mass is 572 g/mol. The van der Waals surface area contributed by atoms with Crippen molar-refractivity contribution in [1.82, 2.24) is 0 Å². The molecule has 6 heteroatoms. The lowest BCUT2D eigenvalue weighted by Gasteiger charge is -2.47. The minimum absolute atomic E-state index is 0.0487. The number of rotatable bonds is 15. The fraction of sp³-hybridized carbons (Fsp3) is 0.829. The molecular weight excluding hydrogens is 516 g/mol. The fourth-order valence-electron chi connectivity index (χ4n) is 8.73. The Labute approximate surface area is 248 Å². The zero-order valence-corrected chi connectivity index (χ0v) is 26.3. The number of esters is 1. The van der Waals surface area contributed by atoms with E-state index >= 15 is 0 Å². The number of Topliss-reactive ketones (excluding diaryl/α,β-unsaturated/α-hetero) is 1. The molecule has 0 aromatic carbocycles. The van der Waals surface area contributed by atoms with Gasteiger partial charge < -0.3 is 20.1 Å². The van der Waals surface area contributed by atoms with Crippen LogP contribution in [0.1, 0.15) is 131 Å². The van der Waals surface area contributed by atoms with Crippen molar-refractivity contribution in [3.8, 4) is 0 Å². The second-order valence-corrected chi connectivity index (χ2v) is 14.4. The van der Waals surface area contributed by atoms with Crippen LogP contribution in [0, 0.1) is 34.5 Å². The average Bonchev–Trinajstić information content (AvgIpc) is 3.43. The maximum absolute atomic E-state index is 14.3. The summed E-state index contributed by atoms with van der Waals surface area (Å²) in [4.78, 5) is 27.2. The Morgan fingerprint density at radius 3 is 2.02 bits per heavy atom. The van der Waals surface area contributed by atoms with Gasteiger partial charge in [-0.05, 0) is 54.6 Å². The van der Waals surface area contributed by atoms with Crippen LogP contribution >= 0.6 is 0 Å². The Kier molecular flexibility index (Phi) is 10.3. The van der Waals surface area contributed by atoms with Crippen LogP contribution in [0.3, 0.4) is 0 Å². The molecule has 8 atom stereocenters. The second kappa shape index (κ2) is 13.0. The molecule has 2 bridgehead atoms. The van der Waals surface area contributed by atoms with Gasteiger partial charge in [0, 0.05) is 12.3 Å². The topological polar surface area (TPSA) is 104 Å². The number of hydrogen-bond donors (Lipinski definition) is 3. The second-order valence-electron chi connectivity index (χ2n) is 14.4. The number of allylic oxidation sites excluding steroid dienone is 1. The van der Waals surface area contributed by atoms with Gasteiger partial charge in [-0.1, -0.05) is 111 Å². The summed E-state index contributed by atoms with van der Waals surface area (Å²) in [7, 11) is 0. The van der Waals surface area contributed by atoms with Crippen LogP contribution in [0.5, 0.6) is 0 Å². The Hall–Kier alpha value is -1.50. The van der Waals surface area contributed by atoms with Crippen LogP contribution < -0.4 is 0 Å². The standard InChI is InChI=1S/C35H56O6/c1-6-7-8-9-10-11-12-13-14-15-16-17-18-19-28(36)41-27-21-25-29-26(33(29,4)5)20-24(3)34(31(25)38)22-23(2)30(37)35(34,40)32(27)39/h21-22,24-26,29-30,32,37,39-40H,6-20H2,1-5H3/t24-,25+,26-,29+,30+,32-,34+,35-/m1/s1. The van der Waals surface area contributed by atoms with Gasteiger partial charge in [-0.3, -0.25) is 9.59 Å². The van der Waals surface area contributed by atoms with Crippen LogP contribution in [-0.2, 0) is 14.3 Å². The molecule has 0 saturated heterocycles. The highest BCUT2D eigenvalue weighted by Gasteiger charge is 2.76. The van der Waals surface area contributed by atoms with Gasteiger partial charge in [0.1, 0.15) is 23.6 Å². The molecule has 1 spiro atoms. The summed E-state index contributed by atoms with van der Waals surface area (Å²) < 4.78 is 5.74. The van der Waals surface area contributed by atoms with Gasteiger partial charge in [0.05, 0.1) is 5.41 Å². The van der Waals surface area contributed by atoms with Gasteiger partial charge in [-0.2, -0.15) is 0 Å². The lowest BCUT2D eigenvalue weighted by atomic mass is 9.59. The first-order valence-electron chi connectivity index (χ1n) is 16.7. The maximum atomic E-state index is 14.3. The molecule has 0 radical (unpaired) electrons. The number of hydrogen-bond acceptors (Lipinski definition) is 6. The number of fused-ring (bicyclic) bond motifs is 3. The van der Waals surface area contributed by atoms with Crippen molar-refractivity contribution >= 4 is 11.8 Å². The van der Waals surface area contributed by atoms with E-state index in [0.717, 1.165) is 19.3 Å². The van der Waals surface area contributed by atoms with Crippen molar-refractivity contribution in [3.05, 3.63) is 23.5 Å². The zero-order chi connectivity index (χ0) is 30.0. The van der Waals surface area contributed by atoms with Gasteiger partial charge in [-0.15, -0.1) is 0 Å². The highest BCUT2D eigenvalue weighted by atomic mass is 16.5. The van der Waals surface area contributed by atoms with Crippen LogP contribution in [-0.4, -0.2) is 44.9 Å². The van der Waals surface area contributed by atoms with Crippen molar-refractivity contribution in [2.45, 2.75) is 149 Å². The molecule has 4 aliphatic rings. The third-order valence-corrected chi connectivity index (χ3v) is 11.3. The van der Waals surface area contributed by atoms with E-state index in [0.29, 0.717) is 12.0 Å². The molecule has 0 aromatic rings. The number of carbonyl (C=O) groups is 2. The first kappa shape index (κ1) is 32.4. The summed E-state index contributed by atoms with van der Waals surface area (Å²) in [6.07, 6.45) is 17.0. The molecule has 232 valence electrons. The minimum atomic E-state index is -2.18. The van der Waals surface area contributed by atoms with Crippen molar-refractivity contribution in [2.24, 2.45) is 34.5 Å². The normalized spacial score (nSPS) is 36.9. The molecule has 4 rings (SSSR count). The summed E-state index contributed by atoms with van der Waals surface area (Å²) in [6, 6.07) is 0. The number of ketones is 1. The van der Waals surface area contributed by atoms with Crippen molar-refractivity contribution < 1.29 is 29.6 Å². The first-order chi connectivity index (χ1) is 19.4. The predicted octanol–water partition coefficient (Wildman–Crippen LogP) is 6.80. The quantitative estimate of drug-likeness (QED) is 0.113. The van der Waals surface area contributed by atoms with Gasteiger partial charge >= 0.3 is 5.97 Å². The number of aliphatic hydroxyl groups is 3. The van der Waals surface area contributed by atoms with Crippen molar-refractivity contribution in [2.75, 3.05) is 0 Å². The van der Waals surface area contributed by atoms with E-state index in [1.807, 2.05) is 6.92 Å². The SMILES string of the molecule is CCCCCCCCCCCCCCCC(=O)OC1=C[C@@H]2C(=O)[C@]3(C=C(C)[C@H](O)[C@@]3(O)[C@@H]1O)[C@H](C)C[C@@H]1[C@H]2C1(C)C. The van der Waals surface area contributed by atoms with E-state index in [2.05, 4.69) is 20.8 Å². The molecule has 41 heavy (non-hydrogen) atoms. The first-order valence-corrected chi connectivity index (χ1v) is 16.7. The third-order valence-electron chi connectivity index (χ3n) is 11.3. The zero-order valence-electron chi connectivity index (χ0n) is 26.3. The van der Waals surface area contributed by atoms with E-state index in [4.69, 9.17) is 4.74 Å². The summed E-state index contributed by atoms with van der Waals surface area (Å²) in [5, 5.41) is 34.8. The molecule has 4 aliphatic carbocycles. The summed E-state index contributed by atoms with van der Waals surface area (Å²) in [5.74, 6) is -1.25. The molecule has 0 unspecified atom stereocenters. The molecular formula is C35H56O6. The van der Waals surface area contributed by atoms with Crippen molar-refractivity contribution in [1.29, 1.82) is 0 Å². The van der Waals surface area contributed by atoms with Gasteiger partial charge in [0.15, 0.2) is 5.78 Å². The summed E-state index contributed by atoms with van der Waals surface area (Å²) in [5.41, 5.74) is -3.19. The van der Waals surface area contributed by atoms with E-state index in [1.165, 1.54) is 64.2 Å². The van der Waals surface area contributed by atoms with E-state index < -0.39 is 35.1 Å². The number of unbranched alkanes of at least 4 members (excludes halogenated alkanes) is 12. The molecule has 0 heterocycles. The van der Waals surface area contributed by atoms with Gasteiger partial charge in [0.25, 0.3) is 0 Å². The van der Waals surface area contributed by atoms with Crippen LogP contribution in [0.2, 0.25) is 0 Å². The Morgan fingerprint density at radius 1 is 0.927 bits per heavy atom. The lowest BCUT2D eigenvalue weighted by Crippen LogP contribution is -2.65. The highest BCUT2D eigenvalue weighted by Crippen LogP contribution is 2.71. The molecule has 2 saturated carbocycles. The van der Waals surface area contributed by atoms with Crippen LogP contribution in [0.4, 0.5) is 0 Å². The molecule has 3 N–H and O–H groups in total. The lowest BCUT2D eigenvalue weighted by molar-refractivity contribution is -0.195. The van der Waals surface area contributed by atoms with E-state index in [9.17, 15) is 24.9 Å². The van der Waals surface area contributed by atoms with E-state index in [1.54, 1.807) is 19.1 Å². The molecule has 0 aliphatic heterocycles. The molecule has 0 amide bonds. The van der Waals surface area contributed by atoms with Gasteiger partial charge in [-0.25, -0.2) is 0 Å². The largest absolute Gasteiger partial charge is 0.428 e. The number of ether oxygens (including phenoxy) is 1. The summed E-state index contributed by atoms with van der Waals surface area (Å²) >= 11 is 0. The van der Waals surface area contributed by atoms with Gasteiger partial charge in [0.2, 0.25) is 0 Å². The fourth-order valence-corrected chi connectivity index (χ4v) is 8.73. The van der Waals surface area contributed by atoms with Crippen LogP contribution in [0.15, 0.2) is 23.5 Å². The van der Waals surface area contributed by atoms with Crippen molar-refractivity contribution in [3.63, 3.8) is 0 Å². The average molecular weight is 573 g/mol. The number of carbonyl (C=O) groups excluding carboxylic acids is 2. The maximum Gasteiger partial charge on any atom is 0.310 e. The van der Waals surface area contributed by atoms with E-state index in [-0.39, 0.29) is 41.1 Å². The predicted molar refractivity (Wildman–Crippen MR) is 161 cm³/mol.